The van der Waals surface area contributed by atoms with Gasteiger partial charge >= 0.3 is 0 Å². The summed E-state index contributed by atoms with van der Waals surface area (Å²) in [5, 5.41) is 6.67. The van der Waals surface area contributed by atoms with Gasteiger partial charge in [-0.2, -0.15) is 0 Å². The van der Waals surface area contributed by atoms with Gasteiger partial charge in [0.1, 0.15) is 5.82 Å². The minimum absolute atomic E-state index is 0.0803. The van der Waals surface area contributed by atoms with Crippen LogP contribution in [0.1, 0.15) is 33.4 Å². The predicted octanol–water partition coefficient (Wildman–Crippen LogP) is 5.17. The first-order chi connectivity index (χ1) is 15.0. The number of aromatic nitrogens is 1. The molecule has 2 atom stereocenters. The first-order valence-electron chi connectivity index (χ1n) is 9.74. The minimum Gasteiger partial charge on any atom is -0.361 e. The largest absolute Gasteiger partial charge is 0.361 e. The summed E-state index contributed by atoms with van der Waals surface area (Å²) in [7, 11) is 0. The molecule has 0 saturated carbocycles. The van der Waals surface area contributed by atoms with Crippen molar-refractivity contribution in [3.8, 4) is 0 Å². The van der Waals surface area contributed by atoms with Crippen molar-refractivity contribution in [2.24, 2.45) is 0 Å². The van der Waals surface area contributed by atoms with Crippen molar-refractivity contribution in [2.75, 3.05) is 5.32 Å². The third kappa shape index (κ3) is 3.35. The van der Waals surface area contributed by atoms with E-state index < -0.39 is 17.8 Å². The van der Waals surface area contributed by atoms with E-state index in [-0.39, 0.29) is 16.8 Å². The second kappa shape index (κ2) is 7.56. The van der Waals surface area contributed by atoms with Gasteiger partial charge in [-0.1, -0.05) is 48.0 Å². The van der Waals surface area contributed by atoms with E-state index in [1.165, 1.54) is 18.2 Å². The fraction of sp³-hybridized carbons (Fsp3) is 0.0833. The summed E-state index contributed by atoms with van der Waals surface area (Å²) in [6, 6.07) is 18.2. The maximum Gasteiger partial charge on any atom is 0.252 e. The molecule has 5 nitrogen and oxygen atoms in total. The summed E-state index contributed by atoms with van der Waals surface area (Å²) in [5.74, 6) is -1.83. The number of hydrogen-bond donors (Lipinski definition) is 3. The molecule has 1 aromatic heterocycles. The van der Waals surface area contributed by atoms with E-state index in [2.05, 4.69) is 15.6 Å². The van der Waals surface area contributed by atoms with Crippen LogP contribution in [0.5, 0.6) is 0 Å². The average Bonchev–Trinajstić information content (AvgIpc) is 3.20. The van der Waals surface area contributed by atoms with Gasteiger partial charge in [-0.3, -0.25) is 9.59 Å². The molecule has 31 heavy (non-hydrogen) atoms. The first-order valence-corrected chi connectivity index (χ1v) is 10.1. The average molecular weight is 434 g/mol. The lowest BCUT2D eigenvalue weighted by Gasteiger charge is -2.33. The molecular formula is C24H17ClFN3O2. The van der Waals surface area contributed by atoms with Gasteiger partial charge < -0.3 is 15.6 Å². The van der Waals surface area contributed by atoms with E-state index in [1.54, 1.807) is 24.3 Å². The molecule has 7 heteroatoms. The van der Waals surface area contributed by atoms with Crippen molar-refractivity contribution >= 4 is 40.0 Å². The molecule has 3 aromatic carbocycles. The van der Waals surface area contributed by atoms with E-state index in [0.29, 0.717) is 16.8 Å². The molecule has 0 radical (unpaired) electrons. The number of carbonyl (C=O) groups is 2. The Hall–Kier alpha value is -3.64. The molecule has 0 aliphatic carbocycles. The molecule has 2 amide bonds. The Morgan fingerprint density at radius 2 is 1.77 bits per heavy atom. The highest BCUT2D eigenvalue weighted by Crippen LogP contribution is 2.40. The molecular weight excluding hydrogens is 417 g/mol. The van der Waals surface area contributed by atoms with Crippen molar-refractivity contribution in [3.63, 3.8) is 0 Å². The summed E-state index contributed by atoms with van der Waals surface area (Å²) < 4.78 is 13.5. The van der Waals surface area contributed by atoms with Crippen molar-refractivity contribution < 1.29 is 14.0 Å². The zero-order chi connectivity index (χ0) is 21.5. The number of H-pyrrole nitrogens is 1. The second-order valence-corrected chi connectivity index (χ2v) is 7.83. The smallest absolute Gasteiger partial charge is 0.252 e. The third-order valence-electron chi connectivity index (χ3n) is 5.59. The highest BCUT2D eigenvalue weighted by molar-refractivity contribution is 6.31. The number of halogens is 2. The molecule has 0 spiro atoms. The number of hydrogen-bond acceptors (Lipinski definition) is 2. The maximum absolute atomic E-state index is 13.5. The quantitative estimate of drug-likeness (QED) is 0.417. The van der Waals surface area contributed by atoms with Crippen LogP contribution in [0, 0.1) is 5.82 Å². The standard InChI is InChI=1S/C24H17ClFN3O2/c25-18-11-13(9-10-19(18)26)28-24(31)21-15-6-1-2-7-16(15)23(30)29-22(21)17-12-27-20-8-4-3-5-14(17)20/h1-12,21-22,27H,(H,28,31)(H,29,30). The zero-order valence-electron chi connectivity index (χ0n) is 16.2. The molecule has 0 bridgehead atoms. The maximum atomic E-state index is 13.5. The van der Waals surface area contributed by atoms with Crippen LogP contribution in [0.15, 0.2) is 72.9 Å². The molecule has 1 aliphatic rings. The highest BCUT2D eigenvalue weighted by atomic mass is 35.5. The summed E-state index contributed by atoms with van der Waals surface area (Å²) in [5.41, 5.74) is 3.19. The molecule has 5 rings (SSSR count). The lowest BCUT2D eigenvalue weighted by atomic mass is 9.80. The van der Waals surface area contributed by atoms with Crippen molar-refractivity contribution in [1.29, 1.82) is 0 Å². The minimum atomic E-state index is -0.697. The van der Waals surface area contributed by atoms with Gasteiger partial charge in [0.05, 0.1) is 17.0 Å². The Morgan fingerprint density at radius 1 is 1.00 bits per heavy atom. The molecule has 3 N–H and O–H groups in total. The van der Waals surface area contributed by atoms with Gasteiger partial charge in [-0.05, 0) is 35.9 Å². The topological polar surface area (TPSA) is 74.0 Å². The number of aromatic amines is 1. The van der Waals surface area contributed by atoms with Gasteiger partial charge in [-0.15, -0.1) is 0 Å². The molecule has 2 unspecified atom stereocenters. The molecule has 0 saturated heterocycles. The van der Waals surface area contributed by atoms with Crippen molar-refractivity contribution in [2.45, 2.75) is 12.0 Å². The number of nitrogens with one attached hydrogen (secondary N) is 3. The van der Waals surface area contributed by atoms with Gasteiger partial charge in [0.15, 0.2) is 0 Å². The van der Waals surface area contributed by atoms with E-state index in [1.807, 2.05) is 30.5 Å². The fourth-order valence-corrected chi connectivity index (χ4v) is 4.33. The van der Waals surface area contributed by atoms with Crippen LogP contribution in [0.4, 0.5) is 10.1 Å². The Morgan fingerprint density at radius 3 is 2.61 bits per heavy atom. The van der Waals surface area contributed by atoms with Crippen molar-refractivity contribution in [1.82, 2.24) is 10.3 Å². The number of fused-ring (bicyclic) bond motifs is 2. The third-order valence-corrected chi connectivity index (χ3v) is 5.88. The van der Waals surface area contributed by atoms with Crippen LogP contribution >= 0.6 is 11.6 Å². The van der Waals surface area contributed by atoms with E-state index >= 15 is 0 Å². The van der Waals surface area contributed by atoms with E-state index in [0.717, 1.165) is 16.5 Å². The SMILES string of the molecule is O=C1NC(c2c[nH]c3ccccc23)C(C(=O)Nc2ccc(F)c(Cl)c2)c2ccccc21. The number of anilines is 1. The zero-order valence-corrected chi connectivity index (χ0v) is 16.9. The van der Waals surface area contributed by atoms with Gasteiger partial charge in [-0.25, -0.2) is 4.39 Å². The van der Waals surface area contributed by atoms with Crippen LogP contribution in [-0.2, 0) is 4.79 Å². The number of rotatable bonds is 3. The molecule has 2 heterocycles. The van der Waals surface area contributed by atoms with Gasteiger partial charge in [0, 0.05) is 33.9 Å². The molecule has 1 aliphatic heterocycles. The lowest BCUT2D eigenvalue weighted by Crippen LogP contribution is -2.42. The Kier molecular flexibility index (Phi) is 4.71. The summed E-state index contributed by atoms with van der Waals surface area (Å²) >= 11 is 5.87. The normalized spacial score (nSPS) is 17.8. The summed E-state index contributed by atoms with van der Waals surface area (Å²) in [4.78, 5) is 29.5. The number of carbonyl (C=O) groups excluding carboxylic acids is 2. The molecule has 154 valence electrons. The van der Waals surface area contributed by atoms with E-state index in [9.17, 15) is 14.0 Å². The first kappa shape index (κ1) is 19.3. The van der Waals surface area contributed by atoms with Crippen LogP contribution in [0.2, 0.25) is 5.02 Å². The van der Waals surface area contributed by atoms with Gasteiger partial charge in [0.25, 0.3) is 5.91 Å². The van der Waals surface area contributed by atoms with Crippen LogP contribution in [0.3, 0.4) is 0 Å². The van der Waals surface area contributed by atoms with Crippen LogP contribution in [-0.4, -0.2) is 16.8 Å². The number of para-hydroxylation sites is 1. The lowest BCUT2D eigenvalue weighted by molar-refractivity contribution is -0.118. The molecule has 0 fully saturated rings. The fourth-order valence-electron chi connectivity index (χ4n) is 4.15. The van der Waals surface area contributed by atoms with Crippen LogP contribution < -0.4 is 10.6 Å². The van der Waals surface area contributed by atoms with Gasteiger partial charge in [0.2, 0.25) is 5.91 Å². The monoisotopic (exact) mass is 433 g/mol. The summed E-state index contributed by atoms with van der Waals surface area (Å²) in [6.45, 7) is 0. The summed E-state index contributed by atoms with van der Waals surface area (Å²) in [6.07, 6.45) is 1.82. The van der Waals surface area contributed by atoms with Crippen LogP contribution in [0.25, 0.3) is 10.9 Å². The highest BCUT2D eigenvalue weighted by Gasteiger charge is 2.40. The Labute approximate surface area is 182 Å². The van der Waals surface area contributed by atoms with E-state index in [4.69, 9.17) is 11.6 Å². The Bertz CT molecular complexity index is 1330. The second-order valence-electron chi connectivity index (χ2n) is 7.42. The number of amides is 2. The predicted molar refractivity (Wildman–Crippen MR) is 118 cm³/mol. The Balaban J connectivity index is 1.60. The molecule has 4 aromatic rings. The van der Waals surface area contributed by atoms with Crippen molar-refractivity contribution in [3.05, 3.63) is 100 Å². The number of benzene rings is 3.